The minimum Gasteiger partial charge on any atom is -0.348 e. The van der Waals surface area contributed by atoms with Crippen LogP contribution >= 0.6 is 0 Å². The van der Waals surface area contributed by atoms with Crippen molar-refractivity contribution in [2.45, 2.75) is 18.9 Å². The summed E-state index contributed by atoms with van der Waals surface area (Å²) in [5, 5.41) is 11.1. The van der Waals surface area contributed by atoms with E-state index in [4.69, 9.17) is 0 Å². The van der Waals surface area contributed by atoms with Crippen LogP contribution in [0.25, 0.3) is 5.65 Å². The molecule has 1 fully saturated rings. The zero-order valence-corrected chi connectivity index (χ0v) is 16.6. The van der Waals surface area contributed by atoms with Crippen molar-refractivity contribution in [2.24, 2.45) is 0 Å². The van der Waals surface area contributed by atoms with Crippen LogP contribution in [0.4, 0.5) is 4.39 Å². The lowest BCUT2D eigenvalue weighted by atomic mass is 10.1. The fourth-order valence-corrected chi connectivity index (χ4v) is 4.38. The zero-order valence-electron chi connectivity index (χ0n) is 15.7. The molecule has 3 heterocycles. The summed E-state index contributed by atoms with van der Waals surface area (Å²) in [5.74, 6) is -0.122. The molecule has 2 aromatic heterocycles. The van der Waals surface area contributed by atoms with E-state index in [1.54, 1.807) is 34.9 Å². The van der Waals surface area contributed by atoms with E-state index in [0.717, 1.165) is 0 Å². The summed E-state index contributed by atoms with van der Waals surface area (Å²) in [6.45, 7) is 0.984. The molecule has 1 aliphatic heterocycles. The van der Waals surface area contributed by atoms with E-state index in [1.807, 2.05) is 0 Å². The molecular weight excluding hydrogens is 397 g/mol. The number of carbonyl (C=O) groups is 1. The first-order valence-corrected chi connectivity index (χ1v) is 11.0. The molecule has 10 heteroatoms. The maximum atomic E-state index is 13.3. The average Bonchev–Trinajstić information content (AvgIpc) is 3.32. The quantitative estimate of drug-likeness (QED) is 0.679. The standard InChI is InChI=1S/C19H20FN5O3S/c1-29(27,28)24-8-7-14(11-24)18-23-22-17-6-5-15(12-25(17)18)19(26)21-10-13-3-2-4-16(20)9-13/h2-6,9,12,14H,7-8,10-11H2,1H3,(H,21,26). The highest BCUT2D eigenvalue weighted by Gasteiger charge is 2.32. The van der Waals surface area contributed by atoms with Crippen molar-refractivity contribution in [1.29, 1.82) is 0 Å². The molecule has 4 rings (SSSR count). The Morgan fingerprint density at radius 3 is 2.83 bits per heavy atom. The van der Waals surface area contributed by atoms with Crippen molar-refractivity contribution >= 4 is 21.6 Å². The van der Waals surface area contributed by atoms with Crippen LogP contribution in [0, 0.1) is 5.82 Å². The van der Waals surface area contributed by atoms with Gasteiger partial charge in [-0.15, -0.1) is 10.2 Å². The third kappa shape index (κ3) is 4.13. The van der Waals surface area contributed by atoms with Crippen molar-refractivity contribution in [1.82, 2.24) is 24.2 Å². The number of rotatable bonds is 5. The molecule has 1 amide bonds. The van der Waals surface area contributed by atoms with E-state index in [0.29, 0.717) is 42.1 Å². The van der Waals surface area contributed by atoms with Crippen molar-refractivity contribution in [3.05, 3.63) is 65.4 Å². The minimum atomic E-state index is -3.25. The second kappa shape index (κ2) is 7.53. The van der Waals surface area contributed by atoms with Crippen LogP contribution in [0.1, 0.15) is 34.1 Å². The lowest BCUT2D eigenvalue weighted by molar-refractivity contribution is 0.0950. The van der Waals surface area contributed by atoms with Gasteiger partial charge in [-0.05, 0) is 36.2 Å². The Morgan fingerprint density at radius 2 is 2.10 bits per heavy atom. The Hall–Kier alpha value is -2.85. The second-order valence-electron chi connectivity index (χ2n) is 7.12. The molecular formula is C19H20FN5O3S. The molecule has 0 radical (unpaired) electrons. The first-order valence-electron chi connectivity index (χ1n) is 9.14. The van der Waals surface area contributed by atoms with Gasteiger partial charge in [0.15, 0.2) is 5.65 Å². The van der Waals surface area contributed by atoms with E-state index >= 15 is 0 Å². The van der Waals surface area contributed by atoms with E-state index in [1.165, 1.54) is 22.7 Å². The van der Waals surface area contributed by atoms with Crippen molar-refractivity contribution < 1.29 is 17.6 Å². The van der Waals surface area contributed by atoms with Gasteiger partial charge < -0.3 is 5.32 Å². The third-order valence-corrected chi connectivity index (χ3v) is 6.29. The Labute approximate surface area is 167 Å². The second-order valence-corrected chi connectivity index (χ2v) is 9.11. The van der Waals surface area contributed by atoms with Gasteiger partial charge in [-0.25, -0.2) is 17.1 Å². The van der Waals surface area contributed by atoms with Crippen molar-refractivity contribution in [3.8, 4) is 0 Å². The number of amides is 1. The summed E-state index contributed by atoms with van der Waals surface area (Å²) in [6, 6.07) is 9.38. The number of pyridine rings is 1. The van der Waals surface area contributed by atoms with Crippen LogP contribution in [0.5, 0.6) is 0 Å². The summed E-state index contributed by atoms with van der Waals surface area (Å²) in [6.07, 6.45) is 3.48. The fraction of sp³-hybridized carbons (Fsp3) is 0.316. The molecule has 3 aromatic rings. The van der Waals surface area contributed by atoms with Crippen molar-refractivity contribution in [2.75, 3.05) is 19.3 Å². The van der Waals surface area contributed by atoms with Crippen LogP contribution in [-0.4, -0.2) is 52.6 Å². The number of fused-ring (bicyclic) bond motifs is 1. The minimum absolute atomic E-state index is 0.0923. The summed E-state index contributed by atoms with van der Waals surface area (Å²) in [7, 11) is -3.25. The molecule has 0 bridgehead atoms. The van der Waals surface area contributed by atoms with E-state index in [-0.39, 0.29) is 24.2 Å². The van der Waals surface area contributed by atoms with E-state index in [9.17, 15) is 17.6 Å². The number of sulfonamides is 1. The van der Waals surface area contributed by atoms with Crippen LogP contribution in [0.2, 0.25) is 0 Å². The molecule has 8 nitrogen and oxygen atoms in total. The SMILES string of the molecule is CS(=O)(=O)N1CCC(c2nnc3ccc(C(=O)NCc4cccc(F)c4)cn23)C1. The topological polar surface area (TPSA) is 96.7 Å². The van der Waals surface area contributed by atoms with Gasteiger partial charge in [-0.2, -0.15) is 0 Å². The number of hydrogen-bond donors (Lipinski definition) is 1. The van der Waals surface area contributed by atoms with Gasteiger partial charge in [0.25, 0.3) is 5.91 Å². The summed E-state index contributed by atoms with van der Waals surface area (Å²) in [4.78, 5) is 12.5. The highest BCUT2D eigenvalue weighted by molar-refractivity contribution is 7.88. The number of nitrogens with zero attached hydrogens (tertiary/aromatic N) is 4. The van der Waals surface area contributed by atoms with E-state index < -0.39 is 10.0 Å². The molecule has 1 atom stereocenters. The molecule has 0 aliphatic carbocycles. The zero-order chi connectivity index (χ0) is 20.6. The number of nitrogens with one attached hydrogen (secondary N) is 1. The van der Waals surface area contributed by atoms with Crippen LogP contribution in [0.15, 0.2) is 42.6 Å². The van der Waals surface area contributed by atoms with Crippen molar-refractivity contribution in [3.63, 3.8) is 0 Å². The Bertz CT molecular complexity index is 1180. The number of aromatic nitrogens is 3. The van der Waals surface area contributed by atoms with Gasteiger partial charge in [-0.3, -0.25) is 9.20 Å². The highest BCUT2D eigenvalue weighted by Crippen LogP contribution is 2.27. The first-order chi connectivity index (χ1) is 13.8. The van der Waals surface area contributed by atoms with Crippen LogP contribution < -0.4 is 5.32 Å². The molecule has 1 N–H and O–H groups in total. The molecule has 152 valence electrons. The van der Waals surface area contributed by atoms with E-state index in [2.05, 4.69) is 15.5 Å². The van der Waals surface area contributed by atoms with Gasteiger partial charge in [0.05, 0.1) is 11.8 Å². The van der Waals surface area contributed by atoms with Gasteiger partial charge in [0, 0.05) is 31.7 Å². The Morgan fingerprint density at radius 1 is 1.28 bits per heavy atom. The Balaban J connectivity index is 1.53. The summed E-state index contributed by atoms with van der Waals surface area (Å²) >= 11 is 0. The third-order valence-electron chi connectivity index (χ3n) is 5.02. The number of carbonyl (C=O) groups excluding carboxylic acids is 1. The van der Waals surface area contributed by atoms with Crippen LogP contribution in [-0.2, 0) is 16.6 Å². The lowest BCUT2D eigenvalue weighted by Crippen LogP contribution is -2.27. The normalized spacial score (nSPS) is 17.7. The maximum absolute atomic E-state index is 13.3. The largest absolute Gasteiger partial charge is 0.348 e. The lowest BCUT2D eigenvalue weighted by Gasteiger charge is -2.12. The predicted octanol–water partition coefficient (Wildman–Crippen LogP) is 1.55. The maximum Gasteiger partial charge on any atom is 0.253 e. The van der Waals surface area contributed by atoms with Gasteiger partial charge in [0.1, 0.15) is 11.6 Å². The monoisotopic (exact) mass is 417 g/mol. The molecule has 0 spiro atoms. The molecule has 1 aliphatic rings. The Kier molecular flexibility index (Phi) is 5.05. The average molecular weight is 417 g/mol. The van der Waals surface area contributed by atoms with Crippen LogP contribution in [0.3, 0.4) is 0 Å². The summed E-state index contributed by atoms with van der Waals surface area (Å²) in [5.41, 5.74) is 1.66. The fourth-order valence-electron chi connectivity index (χ4n) is 3.49. The number of halogens is 1. The molecule has 0 saturated carbocycles. The molecule has 1 aromatic carbocycles. The first kappa shape index (κ1) is 19.5. The molecule has 1 unspecified atom stereocenters. The van der Waals surface area contributed by atoms with Gasteiger partial charge in [-0.1, -0.05) is 12.1 Å². The number of hydrogen-bond acceptors (Lipinski definition) is 5. The highest BCUT2D eigenvalue weighted by atomic mass is 32.2. The summed E-state index contributed by atoms with van der Waals surface area (Å²) < 4.78 is 40.0. The van der Waals surface area contributed by atoms with Gasteiger partial charge >= 0.3 is 0 Å². The molecule has 1 saturated heterocycles. The smallest absolute Gasteiger partial charge is 0.253 e. The predicted molar refractivity (Wildman–Crippen MR) is 104 cm³/mol. The van der Waals surface area contributed by atoms with Gasteiger partial charge in [0.2, 0.25) is 10.0 Å². The number of benzene rings is 1. The molecule has 29 heavy (non-hydrogen) atoms.